The van der Waals surface area contributed by atoms with Gasteiger partial charge in [-0.05, 0) is 27.7 Å². The van der Waals surface area contributed by atoms with Crippen LogP contribution >= 0.6 is 0 Å². The smallest absolute Gasteiger partial charge is 0.380 e. The number of rotatable bonds is 5. The molecular formula is C16H24N5O3+. The van der Waals surface area contributed by atoms with Gasteiger partial charge in [-0.3, -0.25) is 14.6 Å². The molecule has 0 saturated carbocycles. The van der Waals surface area contributed by atoms with E-state index in [0.717, 1.165) is 23.9 Å². The maximum atomic E-state index is 13.0. The number of fused-ring (bicyclic) bond motifs is 3. The Kier molecular flexibility index (Phi) is 4.16. The van der Waals surface area contributed by atoms with E-state index in [4.69, 9.17) is 4.74 Å². The minimum Gasteiger partial charge on any atom is -0.380 e. The van der Waals surface area contributed by atoms with Gasteiger partial charge in [0.1, 0.15) is 11.4 Å². The molecule has 1 aromatic heterocycles. The standard InChI is InChI=1S/C16H24N5O3/c1-6-19-10(3)11(4)21-12-13(17-15(19)21)18(5)16(23)20(14(12)22)8-9-24-7-2/h12H,6-9H2,1-5H3/q+1. The molecule has 24 heavy (non-hydrogen) atoms. The number of imidazole rings is 1. The molecule has 0 spiro atoms. The van der Waals surface area contributed by atoms with Crippen molar-refractivity contribution in [3.8, 4) is 0 Å². The van der Waals surface area contributed by atoms with Gasteiger partial charge in [0, 0.05) is 13.7 Å². The zero-order valence-corrected chi connectivity index (χ0v) is 14.9. The van der Waals surface area contributed by atoms with E-state index in [1.165, 1.54) is 9.80 Å². The maximum Gasteiger partial charge on any atom is 0.402 e. The summed E-state index contributed by atoms with van der Waals surface area (Å²) < 4.78 is 9.31. The third-order valence-electron chi connectivity index (χ3n) is 4.81. The largest absolute Gasteiger partial charge is 0.402 e. The number of hydrogen-bond donors (Lipinski definition) is 0. The molecule has 0 bridgehead atoms. The van der Waals surface area contributed by atoms with Crippen molar-refractivity contribution < 1.29 is 18.9 Å². The van der Waals surface area contributed by atoms with Crippen LogP contribution in [-0.2, 0) is 16.1 Å². The average molecular weight is 334 g/mol. The van der Waals surface area contributed by atoms with E-state index < -0.39 is 6.04 Å². The van der Waals surface area contributed by atoms with Gasteiger partial charge in [-0.1, -0.05) is 4.99 Å². The summed E-state index contributed by atoms with van der Waals surface area (Å²) in [5.74, 6) is 0.988. The van der Waals surface area contributed by atoms with Crippen LogP contribution in [0.25, 0.3) is 0 Å². The number of aromatic nitrogens is 2. The summed E-state index contributed by atoms with van der Waals surface area (Å²) in [4.78, 5) is 32.9. The lowest BCUT2D eigenvalue weighted by Crippen LogP contribution is -2.58. The second-order valence-corrected chi connectivity index (χ2v) is 5.99. The Hall–Kier alpha value is -2.22. The number of ether oxygens (including phenoxy) is 1. The van der Waals surface area contributed by atoms with Crippen LogP contribution in [0.4, 0.5) is 10.7 Å². The lowest BCUT2D eigenvalue weighted by atomic mass is 10.1. The van der Waals surface area contributed by atoms with E-state index in [1.54, 1.807) is 7.05 Å². The van der Waals surface area contributed by atoms with Crippen LogP contribution in [0.5, 0.6) is 0 Å². The number of carbonyl (C=O) groups excluding carboxylic acids is 2. The molecule has 1 fully saturated rings. The van der Waals surface area contributed by atoms with E-state index in [9.17, 15) is 9.59 Å². The first-order valence-electron chi connectivity index (χ1n) is 8.30. The number of urea groups is 1. The predicted octanol–water partition coefficient (Wildman–Crippen LogP) is 0.928. The van der Waals surface area contributed by atoms with Gasteiger partial charge in [-0.25, -0.2) is 13.9 Å². The molecule has 3 amide bonds. The van der Waals surface area contributed by atoms with E-state index in [1.807, 2.05) is 32.3 Å². The van der Waals surface area contributed by atoms with Crippen LogP contribution in [0.3, 0.4) is 0 Å². The van der Waals surface area contributed by atoms with Crippen LogP contribution in [0.15, 0.2) is 4.99 Å². The van der Waals surface area contributed by atoms with Crippen LogP contribution in [-0.4, -0.2) is 58.9 Å². The molecule has 1 aromatic rings. The van der Waals surface area contributed by atoms with Crippen LogP contribution in [0.1, 0.15) is 31.3 Å². The number of aliphatic imine (C=N–C) groups is 1. The van der Waals surface area contributed by atoms with Gasteiger partial charge in [0.05, 0.1) is 19.7 Å². The van der Waals surface area contributed by atoms with Gasteiger partial charge in [0.15, 0.2) is 0 Å². The first-order chi connectivity index (χ1) is 11.4. The quantitative estimate of drug-likeness (QED) is 0.594. The minimum absolute atomic E-state index is 0.239. The Morgan fingerprint density at radius 1 is 1.25 bits per heavy atom. The van der Waals surface area contributed by atoms with Crippen molar-refractivity contribution >= 4 is 23.7 Å². The van der Waals surface area contributed by atoms with Crippen LogP contribution in [0, 0.1) is 13.8 Å². The van der Waals surface area contributed by atoms with Crippen molar-refractivity contribution in [1.29, 1.82) is 0 Å². The van der Waals surface area contributed by atoms with Crippen LogP contribution in [0.2, 0.25) is 0 Å². The van der Waals surface area contributed by atoms with E-state index in [2.05, 4.69) is 9.56 Å². The van der Waals surface area contributed by atoms with Gasteiger partial charge in [-0.2, -0.15) is 0 Å². The van der Waals surface area contributed by atoms with Crippen molar-refractivity contribution in [2.24, 2.45) is 4.99 Å². The SMILES string of the molecule is CCOCCN1C(=O)C2C(=Nc3n2c(C)c(C)[n+]3CC)N(C)C1=O. The molecule has 3 rings (SSSR count). The Morgan fingerprint density at radius 3 is 2.58 bits per heavy atom. The molecule has 8 nitrogen and oxygen atoms in total. The highest BCUT2D eigenvalue weighted by Crippen LogP contribution is 2.34. The Balaban J connectivity index is 2.02. The molecule has 0 aromatic carbocycles. The topological polar surface area (TPSA) is 71.0 Å². The molecule has 0 aliphatic carbocycles. The van der Waals surface area contributed by atoms with E-state index >= 15 is 0 Å². The number of likely N-dealkylation sites (N-methyl/N-ethyl adjacent to an activating group) is 1. The molecule has 8 heteroatoms. The number of amides is 3. The van der Waals surface area contributed by atoms with Crippen molar-refractivity contribution in [1.82, 2.24) is 14.4 Å². The highest BCUT2D eigenvalue weighted by atomic mass is 16.5. The fraction of sp³-hybridized carbons (Fsp3) is 0.625. The minimum atomic E-state index is -0.573. The van der Waals surface area contributed by atoms with Crippen molar-refractivity contribution in [3.63, 3.8) is 0 Å². The summed E-state index contributed by atoms with van der Waals surface area (Å²) in [6.45, 7) is 9.84. The number of nitrogens with zero attached hydrogens (tertiary/aromatic N) is 5. The fourth-order valence-corrected chi connectivity index (χ4v) is 3.39. The zero-order chi connectivity index (χ0) is 17.6. The second kappa shape index (κ2) is 6.01. The zero-order valence-electron chi connectivity index (χ0n) is 14.9. The molecule has 1 atom stereocenters. The van der Waals surface area contributed by atoms with Crippen molar-refractivity contribution in [2.75, 3.05) is 26.8 Å². The highest BCUT2D eigenvalue weighted by molar-refractivity contribution is 6.20. The van der Waals surface area contributed by atoms with Crippen LogP contribution < -0.4 is 4.57 Å². The monoisotopic (exact) mass is 334 g/mol. The van der Waals surface area contributed by atoms with E-state index in [0.29, 0.717) is 19.0 Å². The fourth-order valence-electron chi connectivity index (χ4n) is 3.39. The van der Waals surface area contributed by atoms with Gasteiger partial charge in [0.2, 0.25) is 11.9 Å². The Morgan fingerprint density at radius 2 is 1.96 bits per heavy atom. The number of carbonyl (C=O) groups is 2. The average Bonchev–Trinajstić information content (AvgIpc) is 3.05. The predicted molar refractivity (Wildman–Crippen MR) is 87.3 cm³/mol. The molecule has 1 saturated heterocycles. The number of hydrogen-bond acceptors (Lipinski definition) is 4. The summed E-state index contributed by atoms with van der Waals surface area (Å²) in [6, 6.07) is -0.922. The van der Waals surface area contributed by atoms with E-state index in [-0.39, 0.29) is 18.5 Å². The summed E-state index contributed by atoms with van der Waals surface area (Å²) >= 11 is 0. The molecule has 2 aliphatic rings. The number of amidine groups is 1. The summed E-state index contributed by atoms with van der Waals surface area (Å²) in [5.41, 5.74) is 2.08. The molecule has 0 N–H and O–H groups in total. The molecule has 1 unspecified atom stereocenters. The Bertz CT molecular complexity index is 737. The lowest BCUT2D eigenvalue weighted by Gasteiger charge is -2.33. The van der Waals surface area contributed by atoms with Gasteiger partial charge >= 0.3 is 12.0 Å². The molecular weight excluding hydrogens is 310 g/mol. The maximum absolute atomic E-state index is 13.0. The summed E-state index contributed by atoms with van der Waals surface area (Å²) in [5, 5.41) is 0. The third kappa shape index (κ3) is 2.16. The van der Waals surface area contributed by atoms with Crippen molar-refractivity contribution in [3.05, 3.63) is 11.4 Å². The third-order valence-corrected chi connectivity index (χ3v) is 4.81. The van der Waals surface area contributed by atoms with Gasteiger partial charge in [-0.15, -0.1) is 0 Å². The van der Waals surface area contributed by atoms with Gasteiger partial charge < -0.3 is 4.74 Å². The summed E-state index contributed by atoms with van der Waals surface area (Å²) in [6.07, 6.45) is 0. The first kappa shape index (κ1) is 16.6. The molecule has 2 aliphatic heterocycles. The molecule has 0 radical (unpaired) electrons. The van der Waals surface area contributed by atoms with Gasteiger partial charge in [0.25, 0.3) is 5.91 Å². The lowest BCUT2D eigenvalue weighted by molar-refractivity contribution is -0.685. The van der Waals surface area contributed by atoms with Crippen molar-refractivity contribution in [2.45, 2.75) is 40.3 Å². The highest BCUT2D eigenvalue weighted by Gasteiger charge is 2.53. The number of imide groups is 1. The summed E-state index contributed by atoms with van der Waals surface area (Å²) in [7, 11) is 1.67. The molecule has 130 valence electrons. The normalized spacial score (nSPS) is 19.7. The molecule has 3 heterocycles. The second-order valence-electron chi connectivity index (χ2n) is 5.99. The first-order valence-corrected chi connectivity index (χ1v) is 8.30. The Labute approximate surface area is 141 Å².